The third-order valence-electron chi connectivity index (χ3n) is 5.64. The lowest BCUT2D eigenvalue weighted by molar-refractivity contribution is -0.121. The molecule has 0 unspecified atom stereocenters. The molecular formula is C23H26ClN5O3S. The summed E-state index contributed by atoms with van der Waals surface area (Å²) in [5.41, 5.74) is 0.360. The highest BCUT2D eigenvalue weighted by atomic mass is 35.5. The van der Waals surface area contributed by atoms with Crippen LogP contribution in [0, 0.1) is 0 Å². The minimum atomic E-state index is -0.559. The fraction of sp³-hybridized carbons (Fsp3) is 0.391. The zero-order valence-electron chi connectivity index (χ0n) is 18.3. The maximum Gasteiger partial charge on any atom is 0.333 e. The van der Waals surface area contributed by atoms with E-state index in [4.69, 9.17) is 11.6 Å². The summed E-state index contributed by atoms with van der Waals surface area (Å²) in [5.74, 6) is -0.316. The number of allylic oxidation sites excluding steroid dienone is 1. The monoisotopic (exact) mass is 487 g/mol. The van der Waals surface area contributed by atoms with Crippen molar-refractivity contribution in [1.29, 1.82) is 0 Å². The summed E-state index contributed by atoms with van der Waals surface area (Å²) in [5, 5.41) is 4.23. The van der Waals surface area contributed by atoms with Gasteiger partial charge in [0, 0.05) is 31.2 Å². The average molecular weight is 488 g/mol. The number of anilines is 1. The van der Waals surface area contributed by atoms with E-state index < -0.39 is 11.2 Å². The predicted octanol–water partition coefficient (Wildman–Crippen LogP) is 2.81. The van der Waals surface area contributed by atoms with Gasteiger partial charge in [-0.05, 0) is 43.4 Å². The van der Waals surface area contributed by atoms with E-state index in [0.717, 1.165) is 41.2 Å². The summed E-state index contributed by atoms with van der Waals surface area (Å²) in [6, 6.07) is 7.43. The molecule has 1 saturated heterocycles. The van der Waals surface area contributed by atoms with E-state index in [0.29, 0.717) is 22.7 Å². The number of nitrogens with one attached hydrogen (secondary N) is 1. The number of halogens is 1. The van der Waals surface area contributed by atoms with E-state index in [1.165, 1.54) is 28.4 Å². The molecule has 0 atom stereocenters. The second-order valence-corrected chi connectivity index (χ2v) is 9.41. The van der Waals surface area contributed by atoms with E-state index in [2.05, 4.69) is 21.8 Å². The minimum absolute atomic E-state index is 0.0722. The Kier molecular flexibility index (Phi) is 7.29. The normalized spacial score (nSPS) is 13.9. The number of amides is 1. The first-order valence-electron chi connectivity index (χ1n) is 11.0. The van der Waals surface area contributed by atoms with Gasteiger partial charge in [-0.15, -0.1) is 6.58 Å². The SMILES string of the molecule is C=CCn1c(=O)c2sc(N3CCCCC3)nc2n(CC(=O)NCCc2ccc(Cl)cc2)c1=O. The third kappa shape index (κ3) is 5.20. The Hall–Kier alpha value is -2.91. The van der Waals surface area contributed by atoms with Gasteiger partial charge < -0.3 is 10.2 Å². The molecule has 3 heterocycles. The van der Waals surface area contributed by atoms with Crippen LogP contribution in [0.25, 0.3) is 10.3 Å². The molecule has 1 aliphatic rings. The number of piperidine rings is 1. The van der Waals surface area contributed by atoms with Gasteiger partial charge in [0.15, 0.2) is 10.8 Å². The van der Waals surface area contributed by atoms with Gasteiger partial charge in [0.2, 0.25) is 5.91 Å². The van der Waals surface area contributed by atoms with Crippen molar-refractivity contribution in [3.8, 4) is 0 Å². The van der Waals surface area contributed by atoms with Crippen LogP contribution in [0.3, 0.4) is 0 Å². The van der Waals surface area contributed by atoms with Crippen LogP contribution < -0.4 is 21.5 Å². The standard InChI is InChI=1S/C23H26ClN5O3S/c1-2-12-28-21(31)19-20(26-22(33-19)27-13-4-3-5-14-27)29(23(28)32)15-18(30)25-11-10-16-6-8-17(24)9-7-16/h2,6-9H,1,3-5,10-15H2,(H,25,30). The Bertz CT molecular complexity index is 1270. The number of thiazole rings is 1. The van der Waals surface area contributed by atoms with E-state index in [1.54, 1.807) is 12.1 Å². The number of rotatable bonds is 8. The van der Waals surface area contributed by atoms with Crippen molar-refractivity contribution < 1.29 is 4.79 Å². The highest BCUT2D eigenvalue weighted by Gasteiger charge is 2.22. The Morgan fingerprint density at radius 1 is 1.15 bits per heavy atom. The fourth-order valence-electron chi connectivity index (χ4n) is 3.92. The van der Waals surface area contributed by atoms with Gasteiger partial charge in [-0.1, -0.05) is 41.1 Å². The zero-order valence-corrected chi connectivity index (χ0v) is 19.8. The number of aromatic nitrogens is 3. The van der Waals surface area contributed by atoms with Crippen LogP contribution in [0.5, 0.6) is 0 Å². The maximum atomic E-state index is 13.1. The van der Waals surface area contributed by atoms with Gasteiger partial charge in [0.25, 0.3) is 5.56 Å². The molecule has 33 heavy (non-hydrogen) atoms. The lowest BCUT2D eigenvalue weighted by Crippen LogP contribution is -2.42. The Morgan fingerprint density at radius 2 is 1.88 bits per heavy atom. The summed E-state index contributed by atoms with van der Waals surface area (Å²) in [6.07, 6.45) is 5.45. The summed E-state index contributed by atoms with van der Waals surface area (Å²) >= 11 is 7.19. The van der Waals surface area contributed by atoms with Crippen molar-refractivity contribution >= 4 is 44.3 Å². The molecule has 0 radical (unpaired) electrons. The van der Waals surface area contributed by atoms with Crippen molar-refractivity contribution in [1.82, 2.24) is 19.4 Å². The number of hydrogen-bond donors (Lipinski definition) is 1. The van der Waals surface area contributed by atoms with Gasteiger partial charge in [0.1, 0.15) is 11.2 Å². The third-order valence-corrected chi connectivity index (χ3v) is 6.99. The number of carbonyl (C=O) groups is 1. The Balaban J connectivity index is 1.59. The number of nitrogens with zero attached hydrogens (tertiary/aromatic N) is 4. The average Bonchev–Trinajstić information content (AvgIpc) is 3.27. The summed E-state index contributed by atoms with van der Waals surface area (Å²) in [6.45, 7) is 5.67. The largest absolute Gasteiger partial charge is 0.354 e. The quantitative estimate of drug-likeness (QED) is 0.493. The van der Waals surface area contributed by atoms with E-state index in [9.17, 15) is 14.4 Å². The molecule has 4 rings (SSSR count). The number of hydrogen-bond acceptors (Lipinski definition) is 6. The first kappa shape index (κ1) is 23.3. The maximum absolute atomic E-state index is 13.1. The molecule has 1 amide bonds. The second kappa shape index (κ2) is 10.4. The van der Waals surface area contributed by atoms with Crippen LogP contribution in [0.2, 0.25) is 5.02 Å². The van der Waals surface area contributed by atoms with Crippen LogP contribution in [0.1, 0.15) is 24.8 Å². The fourth-order valence-corrected chi connectivity index (χ4v) is 5.12. The molecular weight excluding hydrogens is 462 g/mol. The molecule has 0 bridgehead atoms. The van der Waals surface area contributed by atoms with E-state index in [-0.39, 0.29) is 24.6 Å². The van der Waals surface area contributed by atoms with Crippen molar-refractivity contribution in [2.24, 2.45) is 0 Å². The van der Waals surface area contributed by atoms with E-state index in [1.807, 2.05) is 12.1 Å². The first-order chi connectivity index (χ1) is 16.0. The molecule has 10 heteroatoms. The van der Waals surface area contributed by atoms with Crippen molar-refractivity contribution in [3.05, 3.63) is 68.3 Å². The van der Waals surface area contributed by atoms with Crippen LogP contribution in [0.15, 0.2) is 46.5 Å². The summed E-state index contributed by atoms with van der Waals surface area (Å²) in [4.78, 5) is 45.5. The summed E-state index contributed by atoms with van der Waals surface area (Å²) in [7, 11) is 0. The highest BCUT2D eigenvalue weighted by molar-refractivity contribution is 7.22. The predicted molar refractivity (Wildman–Crippen MR) is 133 cm³/mol. The molecule has 0 spiro atoms. The van der Waals surface area contributed by atoms with Crippen molar-refractivity contribution in [3.63, 3.8) is 0 Å². The smallest absolute Gasteiger partial charge is 0.333 e. The number of fused-ring (bicyclic) bond motifs is 1. The molecule has 1 N–H and O–H groups in total. The van der Waals surface area contributed by atoms with Gasteiger partial charge in [0.05, 0.1) is 0 Å². The zero-order chi connectivity index (χ0) is 23.4. The molecule has 8 nitrogen and oxygen atoms in total. The van der Waals surface area contributed by atoms with E-state index >= 15 is 0 Å². The summed E-state index contributed by atoms with van der Waals surface area (Å²) < 4.78 is 2.78. The van der Waals surface area contributed by atoms with Crippen LogP contribution in [-0.4, -0.2) is 39.7 Å². The Labute approximate surface area is 200 Å². The van der Waals surface area contributed by atoms with Crippen LogP contribution in [0.4, 0.5) is 5.13 Å². The van der Waals surface area contributed by atoms with Crippen molar-refractivity contribution in [2.75, 3.05) is 24.5 Å². The lowest BCUT2D eigenvalue weighted by Gasteiger charge is -2.25. The number of benzene rings is 1. The molecule has 0 aliphatic carbocycles. The van der Waals surface area contributed by atoms with Crippen molar-refractivity contribution in [2.45, 2.75) is 38.8 Å². The van der Waals surface area contributed by atoms with Crippen LogP contribution >= 0.6 is 22.9 Å². The second-order valence-electron chi connectivity index (χ2n) is 8.00. The molecule has 174 valence electrons. The molecule has 1 aromatic carbocycles. The van der Waals surface area contributed by atoms with Gasteiger partial charge in [-0.25, -0.2) is 9.78 Å². The van der Waals surface area contributed by atoms with Gasteiger partial charge in [-0.2, -0.15) is 0 Å². The minimum Gasteiger partial charge on any atom is -0.354 e. The lowest BCUT2D eigenvalue weighted by atomic mass is 10.1. The van der Waals surface area contributed by atoms with Gasteiger partial charge in [-0.3, -0.25) is 18.7 Å². The molecule has 1 aliphatic heterocycles. The van der Waals surface area contributed by atoms with Crippen LogP contribution in [-0.2, 0) is 24.3 Å². The first-order valence-corrected chi connectivity index (χ1v) is 12.2. The topological polar surface area (TPSA) is 89.2 Å². The highest BCUT2D eigenvalue weighted by Crippen LogP contribution is 2.28. The molecule has 3 aromatic rings. The molecule has 2 aromatic heterocycles. The molecule has 1 fully saturated rings. The van der Waals surface area contributed by atoms with Gasteiger partial charge >= 0.3 is 5.69 Å². The molecule has 0 saturated carbocycles. The Morgan fingerprint density at radius 3 is 2.58 bits per heavy atom. The number of carbonyl (C=O) groups excluding carboxylic acids is 1.